The number of pyridine rings is 1. The zero-order chi connectivity index (χ0) is 27.9. The lowest BCUT2D eigenvalue weighted by molar-refractivity contribution is -0.137. The molecular weight excluding hydrogens is 520 g/mol. The number of hydrogen-bond donors (Lipinski definition) is 1. The minimum Gasteiger partial charge on any atom is -0.492 e. The van der Waals surface area contributed by atoms with Gasteiger partial charge in [-0.05, 0) is 55.3 Å². The second-order valence-electron chi connectivity index (χ2n) is 10.6. The summed E-state index contributed by atoms with van der Waals surface area (Å²) in [5, 5.41) is 3.99. The maximum absolute atomic E-state index is 13.8. The van der Waals surface area contributed by atoms with Crippen molar-refractivity contribution in [1.82, 2.24) is 14.8 Å². The molecule has 208 valence electrons. The smallest absolute Gasteiger partial charge is 0.416 e. The Morgan fingerprint density at radius 3 is 2.45 bits per heavy atom. The molecule has 2 bridgehead atoms. The lowest BCUT2D eigenvalue weighted by Gasteiger charge is -2.34. The number of fused-ring (bicyclic) bond motifs is 3. The van der Waals surface area contributed by atoms with Gasteiger partial charge in [0.2, 0.25) is 0 Å². The first kappa shape index (κ1) is 26.5. The van der Waals surface area contributed by atoms with Crippen molar-refractivity contribution in [1.29, 1.82) is 0 Å². The van der Waals surface area contributed by atoms with Crippen LogP contribution in [-0.4, -0.2) is 53.1 Å². The van der Waals surface area contributed by atoms with Gasteiger partial charge in [0.15, 0.2) is 0 Å². The van der Waals surface area contributed by atoms with E-state index in [0.717, 1.165) is 60.3 Å². The van der Waals surface area contributed by atoms with Crippen LogP contribution in [0.2, 0.25) is 0 Å². The minimum atomic E-state index is -4.51. The molecule has 0 amide bonds. The topological polar surface area (TPSA) is 40.6 Å². The molecule has 0 aliphatic carbocycles. The number of aromatic nitrogens is 1. The molecule has 0 radical (unpaired) electrons. The average Bonchev–Trinajstić information content (AvgIpc) is 3.50. The number of ether oxygens (including phenoxy) is 1. The van der Waals surface area contributed by atoms with Crippen LogP contribution in [0.1, 0.15) is 23.2 Å². The second-order valence-corrected chi connectivity index (χ2v) is 10.6. The van der Waals surface area contributed by atoms with Gasteiger partial charge in [-0.25, -0.2) is 4.39 Å². The van der Waals surface area contributed by atoms with Gasteiger partial charge in [-0.3, -0.25) is 14.8 Å². The van der Waals surface area contributed by atoms with E-state index in [2.05, 4.69) is 20.1 Å². The van der Waals surface area contributed by atoms with Crippen molar-refractivity contribution in [2.75, 3.05) is 31.6 Å². The maximum atomic E-state index is 13.8. The summed E-state index contributed by atoms with van der Waals surface area (Å²) in [6, 6.07) is 20.5. The maximum Gasteiger partial charge on any atom is 0.416 e. The fraction of sp³-hybridized carbons (Fsp3) is 0.323. The fourth-order valence-corrected chi connectivity index (χ4v) is 5.89. The summed E-state index contributed by atoms with van der Waals surface area (Å²) in [5.74, 6) is -0.0581. The van der Waals surface area contributed by atoms with Crippen LogP contribution >= 0.6 is 0 Å². The SMILES string of the molecule is Cc1cc(Nc2cc(OCCN3CC4CC3CN4Cc3ccc(F)cc3)cc(C(F)(F)F)c2)c2ccccc2n1. The number of rotatable bonds is 8. The fourth-order valence-electron chi connectivity index (χ4n) is 5.89. The molecule has 4 aromatic rings. The van der Waals surface area contributed by atoms with E-state index >= 15 is 0 Å². The van der Waals surface area contributed by atoms with E-state index in [-0.39, 0.29) is 11.6 Å². The van der Waals surface area contributed by atoms with Gasteiger partial charge in [-0.15, -0.1) is 0 Å². The van der Waals surface area contributed by atoms with E-state index in [1.54, 1.807) is 6.07 Å². The standard InChI is InChI=1S/C31H30F4N4O/c1-20-12-30(28-4-2-3-5-29(28)36-20)37-24-13-22(31(33,34)35)14-27(15-24)40-11-10-38-18-26-16-25(38)19-39(26)17-21-6-8-23(32)9-7-21/h2-9,12-15,25-26H,10-11,16-19H2,1H3,(H,36,37). The molecule has 0 spiro atoms. The third-order valence-electron chi connectivity index (χ3n) is 7.77. The normalized spacial score (nSPS) is 19.4. The summed E-state index contributed by atoms with van der Waals surface area (Å²) in [6.07, 6.45) is -3.45. The van der Waals surface area contributed by atoms with Crippen molar-refractivity contribution >= 4 is 22.3 Å². The first-order chi connectivity index (χ1) is 19.2. The van der Waals surface area contributed by atoms with Crippen LogP contribution in [0.3, 0.4) is 0 Å². The highest BCUT2D eigenvalue weighted by molar-refractivity contribution is 5.93. The van der Waals surface area contributed by atoms with Gasteiger partial charge in [0.25, 0.3) is 0 Å². The molecule has 1 aromatic heterocycles. The zero-order valence-corrected chi connectivity index (χ0v) is 22.1. The summed E-state index contributed by atoms with van der Waals surface area (Å²) >= 11 is 0. The van der Waals surface area contributed by atoms with Gasteiger partial charge < -0.3 is 10.1 Å². The number of hydrogen-bond acceptors (Lipinski definition) is 5. The molecule has 40 heavy (non-hydrogen) atoms. The largest absolute Gasteiger partial charge is 0.492 e. The average molecular weight is 551 g/mol. The van der Waals surface area contributed by atoms with E-state index in [9.17, 15) is 17.6 Å². The summed E-state index contributed by atoms with van der Waals surface area (Å²) in [6.45, 7) is 5.37. The summed E-state index contributed by atoms with van der Waals surface area (Å²) in [4.78, 5) is 9.28. The molecule has 2 saturated heterocycles. The summed E-state index contributed by atoms with van der Waals surface area (Å²) < 4.78 is 60.4. The number of alkyl halides is 3. The molecule has 0 saturated carbocycles. The first-order valence-electron chi connectivity index (χ1n) is 13.4. The van der Waals surface area contributed by atoms with Gasteiger partial charge in [-0.1, -0.05) is 30.3 Å². The van der Waals surface area contributed by atoms with Gasteiger partial charge in [0, 0.05) is 66.8 Å². The van der Waals surface area contributed by atoms with Gasteiger partial charge in [0.05, 0.1) is 11.1 Å². The van der Waals surface area contributed by atoms with Crippen LogP contribution in [0, 0.1) is 12.7 Å². The van der Waals surface area contributed by atoms with Crippen molar-refractivity contribution in [3.05, 3.63) is 95.4 Å². The molecule has 6 rings (SSSR count). The molecule has 3 aromatic carbocycles. The number of likely N-dealkylation sites (tertiary alicyclic amines) is 2. The highest BCUT2D eigenvalue weighted by Gasteiger charge is 2.42. The Kier molecular flexibility index (Phi) is 7.10. The van der Waals surface area contributed by atoms with Crippen molar-refractivity contribution in [2.24, 2.45) is 0 Å². The Labute approximate surface area is 230 Å². The summed E-state index contributed by atoms with van der Waals surface area (Å²) in [5.41, 5.74) is 2.85. The number of piperazine rings is 1. The number of halogens is 4. The third kappa shape index (κ3) is 5.76. The van der Waals surface area contributed by atoms with E-state index in [1.165, 1.54) is 12.1 Å². The van der Waals surface area contributed by atoms with Crippen molar-refractivity contribution < 1.29 is 22.3 Å². The Bertz CT molecular complexity index is 1510. The van der Waals surface area contributed by atoms with Crippen LogP contribution in [0.15, 0.2) is 72.8 Å². The molecule has 1 N–H and O–H groups in total. The molecule has 2 fully saturated rings. The first-order valence-corrected chi connectivity index (χ1v) is 13.4. The summed E-state index contributed by atoms with van der Waals surface area (Å²) in [7, 11) is 0. The molecule has 2 aliphatic heterocycles. The Balaban J connectivity index is 1.11. The monoisotopic (exact) mass is 550 g/mol. The number of nitrogens with one attached hydrogen (secondary N) is 1. The predicted molar refractivity (Wildman–Crippen MR) is 147 cm³/mol. The lowest BCUT2D eigenvalue weighted by Crippen LogP contribution is -2.47. The minimum absolute atomic E-state index is 0.176. The number of nitrogens with zero attached hydrogens (tertiary/aromatic N) is 3. The second kappa shape index (κ2) is 10.7. The number of aryl methyl sites for hydroxylation is 1. The van der Waals surface area contributed by atoms with E-state index in [4.69, 9.17) is 4.74 Å². The Morgan fingerprint density at radius 1 is 0.950 bits per heavy atom. The van der Waals surface area contributed by atoms with Gasteiger partial charge in [-0.2, -0.15) is 13.2 Å². The quantitative estimate of drug-likeness (QED) is 0.245. The van der Waals surface area contributed by atoms with E-state index < -0.39 is 11.7 Å². The van der Waals surface area contributed by atoms with Crippen LogP contribution in [0.5, 0.6) is 5.75 Å². The predicted octanol–water partition coefficient (Wildman–Crippen LogP) is 6.78. The molecule has 9 heteroatoms. The van der Waals surface area contributed by atoms with Gasteiger partial charge >= 0.3 is 6.18 Å². The van der Waals surface area contributed by atoms with Crippen LogP contribution < -0.4 is 10.1 Å². The van der Waals surface area contributed by atoms with E-state index in [1.807, 2.05) is 49.4 Å². The molecule has 2 unspecified atom stereocenters. The van der Waals surface area contributed by atoms with Crippen LogP contribution in [0.4, 0.5) is 28.9 Å². The number of anilines is 2. The molecule has 2 aliphatic rings. The Hall–Kier alpha value is -3.69. The lowest BCUT2D eigenvalue weighted by atomic mass is 10.1. The van der Waals surface area contributed by atoms with Crippen molar-refractivity contribution in [2.45, 2.75) is 38.1 Å². The zero-order valence-electron chi connectivity index (χ0n) is 22.1. The van der Waals surface area contributed by atoms with Crippen LogP contribution in [-0.2, 0) is 12.7 Å². The molecule has 2 atom stereocenters. The molecular formula is C31H30F4N4O. The number of para-hydroxylation sites is 1. The van der Waals surface area contributed by atoms with E-state index in [0.29, 0.717) is 36.6 Å². The third-order valence-corrected chi connectivity index (χ3v) is 7.77. The van der Waals surface area contributed by atoms with Crippen LogP contribution in [0.25, 0.3) is 10.9 Å². The molecule has 3 heterocycles. The van der Waals surface area contributed by atoms with Crippen molar-refractivity contribution in [3.63, 3.8) is 0 Å². The van der Waals surface area contributed by atoms with Crippen molar-refractivity contribution in [3.8, 4) is 5.75 Å². The highest BCUT2D eigenvalue weighted by atomic mass is 19.4. The van der Waals surface area contributed by atoms with Gasteiger partial charge in [0.1, 0.15) is 18.2 Å². The highest BCUT2D eigenvalue weighted by Crippen LogP contribution is 2.36. The number of benzene rings is 3. The Morgan fingerprint density at radius 2 is 1.70 bits per heavy atom. The molecule has 5 nitrogen and oxygen atoms in total.